The predicted octanol–water partition coefficient (Wildman–Crippen LogP) is 6.74. The lowest BCUT2D eigenvalue weighted by Crippen LogP contribution is -2.54. The normalized spacial score (nSPS) is 15.7. The second kappa shape index (κ2) is 18.9. The van der Waals surface area contributed by atoms with Gasteiger partial charge in [0.2, 0.25) is 11.9 Å². The Balaban J connectivity index is 0.945. The molecule has 23 heteroatoms. The SMILES string of the molecule is C=C(Cn1c(CNc2nc(N3CCN(C)CC3)nc3c(Br)cnn23)nc2c(F)c(F)ccc21)C(=O)N1CCN(c2nc(=O)n(-c3c(C)ccnc3C(C)C)c3nc(-c4c(O)cccc4F)c(F)cc23)[C@@H](C)C1. The topological polar surface area (TPSA) is 184 Å². The van der Waals surface area contributed by atoms with Crippen LogP contribution in [0.25, 0.3) is 44.7 Å². The smallest absolute Gasteiger partial charge is 0.355 e. The van der Waals surface area contributed by atoms with Gasteiger partial charge in [-0.2, -0.15) is 24.6 Å². The number of imidazole rings is 1. The van der Waals surface area contributed by atoms with Gasteiger partial charge in [-0.15, -0.1) is 0 Å². The maximum Gasteiger partial charge on any atom is 0.355 e. The van der Waals surface area contributed by atoms with Crippen LogP contribution < -0.4 is 20.8 Å². The second-order valence-corrected chi connectivity index (χ2v) is 19.2. The van der Waals surface area contributed by atoms with Gasteiger partial charge in [0.05, 0.1) is 51.6 Å². The molecule has 18 nitrogen and oxygen atoms in total. The first-order valence-electron chi connectivity index (χ1n) is 23.2. The fraction of sp³-hybridized carbons (Fsp3) is 0.327. The van der Waals surface area contributed by atoms with Crippen LogP contribution in [-0.2, 0) is 17.9 Å². The van der Waals surface area contributed by atoms with E-state index in [0.29, 0.717) is 52.1 Å². The average molecular weight is 1050 g/mol. The predicted molar refractivity (Wildman–Crippen MR) is 266 cm³/mol. The van der Waals surface area contributed by atoms with Crippen molar-refractivity contribution in [3.05, 3.63) is 122 Å². The van der Waals surface area contributed by atoms with Crippen molar-refractivity contribution in [2.75, 3.05) is 68.0 Å². The number of phenols is 1. The third-order valence-corrected chi connectivity index (χ3v) is 13.7. The lowest BCUT2D eigenvalue weighted by molar-refractivity contribution is -0.128. The summed E-state index contributed by atoms with van der Waals surface area (Å²) >= 11 is 3.53. The lowest BCUT2D eigenvalue weighted by atomic mass is 10.0. The molecule has 2 aliphatic rings. The molecule has 2 aromatic carbocycles. The number of piperazine rings is 2. The van der Waals surface area contributed by atoms with Gasteiger partial charge in [-0.3, -0.25) is 9.78 Å². The van der Waals surface area contributed by atoms with Gasteiger partial charge in [0, 0.05) is 63.6 Å². The maximum absolute atomic E-state index is 16.4. The van der Waals surface area contributed by atoms with Gasteiger partial charge in [0.1, 0.15) is 34.4 Å². The number of rotatable bonds is 11. The number of aromatic nitrogens is 10. The molecule has 0 radical (unpaired) electrons. The van der Waals surface area contributed by atoms with Crippen LogP contribution in [0.15, 0.2) is 76.3 Å². The number of pyridine rings is 2. The minimum Gasteiger partial charge on any atom is -0.507 e. The zero-order chi connectivity index (χ0) is 50.9. The molecule has 1 atom stereocenters. The number of fused-ring (bicyclic) bond motifs is 3. The van der Waals surface area contributed by atoms with E-state index in [2.05, 4.69) is 62.7 Å². The standard InChI is InChI=1S/C49H48BrF4N15O3/c1-25(2)39-42(26(3)12-13-55-39)68-44-29(20-33(53)40(59-44)37-31(51)8-7-9-35(37)70)43(61-49(68)72)66-19-18-65(24-28(66)5)46(71)27(4)23-67-34-11-10-32(52)38(54)41(34)58-36(67)22-56-47-62-48(64-16-14-63(6)15-17-64)60-45-30(50)21-57-69(45)47/h7-13,20-21,25,28,70H,4,14-19,22-24H2,1-3,5-6H3,(H,56,60,62)/t28-/m0/s1. The van der Waals surface area contributed by atoms with Gasteiger partial charge in [-0.25, -0.2) is 36.9 Å². The molecule has 2 N–H and O–H groups in total. The highest BCUT2D eigenvalue weighted by atomic mass is 79.9. The lowest BCUT2D eigenvalue weighted by Gasteiger charge is -2.41. The van der Waals surface area contributed by atoms with Crippen molar-refractivity contribution in [3.8, 4) is 22.7 Å². The van der Waals surface area contributed by atoms with E-state index < -0.39 is 57.9 Å². The van der Waals surface area contributed by atoms with E-state index in [9.17, 15) is 19.1 Å². The van der Waals surface area contributed by atoms with E-state index >= 15 is 13.2 Å². The fourth-order valence-electron chi connectivity index (χ4n) is 9.43. The average Bonchev–Trinajstić information content (AvgIpc) is 3.91. The number of nitrogens with one attached hydrogen (secondary N) is 1. The van der Waals surface area contributed by atoms with Gasteiger partial charge in [0.25, 0.3) is 5.91 Å². The molecule has 0 unspecified atom stereocenters. The Morgan fingerprint density at radius 2 is 1.72 bits per heavy atom. The number of hydrogen-bond acceptors (Lipinski definition) is 14. The molecular formula is C49H48BrF4N15O3. The van der Waals surface area contributed by atoms with Crippen molar-refractivity contribution in [1.29, 1.82) is 0 Å². The molecular weight excluding hydrogens is 1000 g/mol. The molecule has 72 heavy (non-hydrogen) atoms. The molecule has 0 spiro atoms. The molecule has 2 aliphatic heterocycles. The highest BCUT2D eigenvalue weighted by Gasteiger charge is 2.33. The van der Waals surface area contributed by atoms with Crippen LogP contribution in [0.4, 0.5) is 35.3 Å². The van der Waals surface area contributed by atoms with Crippen LogP contribution in [0.3, 0.4) is 0 Å². The number of carbonyl (C=O) groups is 1. The first kappa shape index (κ1) is 48.1. The van der Waals surface area contributed by atoms with Crippen molar-refractivity contribution >= 4 is 67.3 Å². The number of phenolic OH excluding ortho intramolecular Hbond substituents is 1. The molecule has 8 aromatic rings. The summed E-state index contributed by atoms with van der Waals surface area (Å²) in [5.74, 6) is -4.11. The van der Waals surface area contributed by atoms with Gasteiger partial charge in [-0.05, 0) is 84.7 Å². The second-order valence-electron chi connectivity index (χ2n) is 18.4. The first-order chi connectivity index (χ1) is 34.5. The Morgan fingerprint density at radius 3 is 2.46 bits per heavy atom. The summed E-state index contributed by atoms with van der Waals surface area (Å²) in [6, 6.07) is 8.29. The number of benzene rings is 2. The quantitative estimate of drug-likeness (QED) is 0.103. The van der Waals surface area contributed by atoms with E-state index in [1.807, 2.05) is 27.8 Å². The van der Waals surface area contributed by atoms with Crippen LogP contribution in [0.2, 0.25) is 0 Å². The number of likely N-dealkylation sites (N-methyl/N-ethyl adjacent to an activating group) is 1. The Kier molecular flexibility index (Phi) is 12.6. The van der Waals surface area contributed by atoms with E-state index in [-0.39, 0.29) is 77.9 Å². The number of hydrogen-bond donors (Lipinski definition) is 2. The van der Waals surface area contributed by atoms with Crippen molar-refractivity contribution < 1.29 is 27.5 Å². The van der Waals surface area contributed by atoms with Crippen LogP contribution in [0.5, 0.6) is 5.75 Å². The zero-order valence-corrected chi connectivity index (χ0v) is 41.4. The highest BCUT2D eigenvalue weighted by Crippen LogP contribution is 2.37. The number of carbonyl (C=O) groups excluding carboxylic acids is 1. The molecule has 2 saturated heterocycles. The summed E-state index contributed by atoms with van der Waals surface area (Å²) in [5.41, 5.74) is 0.429. The van der Waals surface area contributed by atoms with Crippen LogP contribution in [0, 0.1) is 30.2 Å². The molecule has 0 saturated carbocycles. The molecule has 8 heterocycles. The third kappa shape index (κ3) is 8.52. The van der Waals surface area contributed by atoms with E-state index in [4.69, 9.17) is 9.97 Å². The van der Waals surface area contributed by atoms with Gasteiger partial charge in [-0.1, -0.05) is 26.5 Å². The van der Waals surface area contributed by atoms with Crippen LogP contribution in [-0.4, -0.2) is 128 Å². The number of halogens is 5. The number of anilines is 3. The molecule has 2 fully saturated rings. The van der Waals surface area contributed by atoms with E-state index in [0.717, 1.165) is 31.3 Å². The third-order valence-electron chi connectivity index (χ3n) is 13.2. The van der Waals surface area contributed by atoms with Crippen molar-refractivity contribution in [2.24, 2.45) is 0 Å². The van der Waals surface area contributed by atoms with Gasteiger partial charge in [0.15, 0.2) is 28.7 Å². The Morgan fingerprint density at radius 1 is 0.944 bits per heavy atom. The molecule has 10 rings (SSSR count). The molecule has 372 valence electrons. The molecule has 1 amide bonds. The summed E-state index contributed by atoms with van der Waals surface area (Å²) in [6.45, 7) is 14.8. The van der Waals surface area contributed by atoms with Crippen molar-refractivity contribution in [1.82, 2.24) is 58.5 Å². The number of aromatic hydroxyl groups is 1. The van der Waals surface area contributed by atoms with Crippen molar-refractivity contribution in [2.45, 2.75) is 52.7 Å². The maximum atomic E-state index is 16.4. The summed E-state index contributed by atoms with van der Waals surface area (Å²) in [7, 11) is 2.05. The Bertz CT molecular complexity index is 3540. The van der Waals surface area contributed by atoms with Crippen molar-refractivity contribution in [3.63, 3.8) is 0 Å². The molecule has 0 aliphatic carbocycles. The zero-order valence-electron chi connectivity index (χ0n) is 39.8. The minimum atomic E-state index is -1.14. The summed E-state index contributed by atoms with van der Waals surface area (Å²) in [5, 5.41) is 18.5. The van der Waals surface area contributed by atoms with E-state index in [1.54, 1.807) is 39.8 Å². The molecule has 0 bridgehead atoms. The number of nitrogens with zero attached hydrogens (tertiary/aromatic N) is 14. The summed E-state index contributed by atoms with van der Waals surface area (Å²) in [4.78, 5) is 64.2. The fourth-order valence-corrected chi connectivity index (χ4v) is 9.77. The Labute approximate surface area is 417 Å². The minimum absolute atomic E-state index is 0.0457. The summed E-state index contributed by atoms with van der Waals surface area (Å²) < 4.78 is 66.8. The van der Waals surface area contributed by atoms with Gasteiger partial charge < -0.3 is 34.6 Å². The monoisotopic (exact) mass is 1050 g/mol. The number of aryl methyl sites for hydroxylation is 1. The summed E-state index contributed by atoms with van der Waals surface area (Å²) in [6.07, 6.45) is 3.22. The van der Waals surface area contributed by atoms with Crippen LogP contribution >= 0.6 is 15.9 Å². The molecule has 6 aromatic heterocycles. The largest absolute Gasteiger partial charge is 0.507 e. The first-order valence-corrected chi connectivity index (χ1v) is 24.0. The number of amides is 1. The van der Waals surface area contributed by atoms with Gasteiger partial charge >= 0.3 is 5.69 Å². The highest BCUT2D eigenvalue weighted by molar-refractivity contribution is 9.10. The van der Waals surface area contributed by atoms with Crippen LogP contribution in [0.1, 0.15) is 43.8 Å². The Hall–Kier alpha value is -7.53. The van der Waals surface area contributed by atoms with E-state index in [1.165, 1.54) is 27.3 Å².